The van der Waals surface area contributed by atoms with Crippen LogP contribution in [0.5, 0.6) is 0 Å². The molecule has 130 valence electrons. The standard InChI is InChI=1S/C17H14F3N3O2/c1-10-2-4-11(5-3-10)12-6-7-13(15(21)14(12)17(18,19)20)23-16(24)25-9-8-22-23/h2-8H,9,21H2,1H3. The molecule has 0 saturated heterocycles. The number of hydrazone groups is 1. The summed E-state index contributed by atoms with van der Waals surface area (Å²) in [5.74, 6) is 0. The highest BCUT2D eigenvalue weighted by Crippen LogP contribution is 2.44. The highest BCUT2D eigenvalue weighted by Gasteiger charge is 2.38. The second kappa shape index (κ2) is 6.12. The van der Waals surface area contributed by atoms with Gasteiger partial charge in [0.05, 0.1) is 23.2 Å². The minimum absolute atomic E-state index is 0.0389. The summed E-state index contributed by atoms with van der Waals surface area (Å²) in [6, 6.07) is 9.21. The Bertz CT molecular complexity index is 845. The number of carbonyl (C=O) groups excluding carboxylic acids is 1. The van der Waals surface area contributed by atoms with Crippen molar-refractivity contribution in [2.45, 2.75) is 13.1 Å². The van der Waals surface area contributed by atoms with Gasteiger partial charge in [0.1, 0.15) is 6.61 Å². The molecule has 25 heavy (non-hydrogen) atoms. The molecule has 1 amide bonds. The number of benzene rings is 2. The first kappa shape index (κ1) is 16.8. The molecule has 1 aliphatic heterocycles. The van der Waals surface area contributed by atoms with Crippen LogP contribution in [0, 0.1) is 6.92 Å². The Balaban J connectivity index is 2.20. The van der Waals surface area contributed by atoms with E-state index in [0.29, 0.717) is 10.6 Å². The average molecular weight is 349 g/mol. The lowest BCUT2D eigenvalue weighted by Crippen LogP contribution is -2.32. The Labute approximate surface area is 141 Å². The molecule has 0 radical (unpaired) electrons. The third kappa shape index (κ3) is 3.15. The smallest absolute Gasteiger partial charge is 0.435 e. The number of halogens is 3. The maximum atomic E-state index is 13.7. The van der Waals surface area contributed by atoms with E-state index in [2.05, 4.69) is 5.10 Å². The van der Waals surface area contributed by atoms with Gasteiger partial charge in [-0.05, 0) is 24.1 Å². The number of anilines is 2. The summed E-state index contributed by atoms with van der Waals surface area (Å²) < 4.78 is 45.8. The lowest BCUT2D eigenvalue weighted by molar-refractivity contribution is -0.136. The fraction of sp³-hybridized carbons (Fsp3) is 0.176. The third-order valence-electron chi connectivity index (χ3n) is 3.75. The summed E-state index contributed by atoms with van der Waals surface area (Å²) in [4.78, 5) is 11.8. The van der Waals surface area contributed by atoms with Gasteiger partial charge in [0, 0.05) is 0 Å². The van der Waals surface area contributed by atoms with Crippen molar-refractivity contribution < 1.29 is 22.7 Å². The fourth-order valence-electron chi connectivity index (χ4n) is 2.56. The van der Waals surface area contributed by atoms with Gasteiger partial charge in [0.2, 0.25) is 0 Å². The first-order valence-corrected chi connectivity index (χ1v) is 7.35. The van der Waals surface area contributed by atoms with Crippen LogP contribution in [0.4, 0.5) is 29.3 Å². The van der Waals surface area contributed by atoms with Crippen molar-refractivity contribution in [2.75, 3.05) is 17.3 Å². The van der Waals surface area contributed by atoms with Gasteiger partial charge in [0.25, 0.3) is 0 Å². The predicted octanol–water partition coefficient (Wildman–Crippen LogP) is 4.21. The molecule has 0 unspecified atom stereocenters. The summed E-state index contributed by atoms with van der Waals surface area (Å²) in [5.41, 5.74) is 5.25. The largest absolute Gasteiger partial charge is 0.442 e. The zero-order valence-electron chi connectivity index (χ0n) is 13.2. The van der Waals surface area contributed by atoms with Gasteiger partial charge in [-0.15, -0.1) is 0 Å². The number of ether oxygens (including phenoxy) is 1. The summed E-state index contributed by atoms with van der Waals surface area (Å²) in [6.45, 7) is 1.80. The predicted molar refractivity (Wildman–Crippen MR) is 88.3 cm³/mol. The Morgan fingerprint density at radius 2 is 1.84 bits per heavy atom. The number of aryl methyl sites for hydroxylation is 1. The Morgan fingerprint density at radius 1 is 1.16 bits per heavy atom. The van der Waals surface area contributed by atoms with E-state index in [4.69, 9.17) is 10.5 Å². The molecule has 0 atom stereocenters. The van der Waals surface area contributed by atoms with Gasteiger partial charge in [-0.2, -0.15) is 23.3 Å². The van der Waals surface area contributed by atoms with Gasteiger partial charge >= 0.3 is 12.3 Å². The van der Waals surface area contributed by atoms with Crippen molar-refractivity contribution in [3.63, 3.8) is 0 Å². The molecule has 0 aliphatic carbocycles. The maximum absolute atomic E-state index is 13.7. The van der Waals surface area contributed by atoms with Crippen LogP contribution in [0.3, 0.4) is 0 Å². The minimum atomic E-state index is -4.70. The number of rotatable bonds is 2. The first-order valence-electron chi connectivity index (χ1n) is 7.35. The number of nitrogens with two attached hydrogens (primary N) is 1. The van der Waals surface area contributed by atoms with Gasteiger partial charge < -0.3 is 10.5 Å². The number of alkyl halides is 3. The Morgan fingerprint density at radius 3 is 2.44 bits per heavy atom. The molecule has 0 fully saturated rings. The second-order valence-corrected chi connectivity index (χ2v) is 5.47. The van der Waals surface area contributed by atoms with Crippen LogP contribution < -0.4 is 10.7 Å². The van der Waals surface area contributed by atoms with Crippen LogP contribution in [0.25, 0.3) is 11.1 Å². The summed E-state index contributed by atoms with van der Waals surface area (Å²) in [6.07, 6.45) is -4.32. The normalized spacial score (nSPS) is 14.6. The SMILES string of the molecule is Cc1ccc(-c2ccc(N3N=CCOC3=O)c(N)c2C(F)(F)F)cc1. The highest BCUT2D eigenvalue weighted by molar-refractivity contribution is 5.96. The van der Waals surface area contributed by atoms with Crippen LogP contribution in [-0.4, -0.2) is 18.9 Å². The number of hydrogen-bond donors (Lipinski definition) is 1. The zero-order chi connectivity index (χ0) is 18.2. The number of hydrogen-bond acceptors (Lipinski definition) is 4. The molecule has 0 bridgehead atoms. The van der Waals surface area contributed by atoms with E-state index >= 15 is 0 Å². The molecule has 2 aromatic rings. The van der Waals surface area contributed by atoms with E-state index in [-0.39, 0.29) is 17.9 Å². The summed E-state index contributed by atoms with van der Waals surface area (Å²) >= 11 is 0. The molecule has 5 nitrogen and oxygen atoms in total. The van der Waals surface area contributed by atoms with Crippen LogP contribution >= 0.6 is 0 Å². The van der Waals surface area contributed by atoms with E-state index in [0.717, 1.165) is 5.56 Å². The highest BCUT2D eigenvalue weighted by atomic mass is 19.4. The molecule has 1 heterocycles. The molecule has 0 aromatic heterocycles. The molecule has 1 aliphatic rings. The second-order valence-electron chi connectivity index (χ2n) is 5.47. The van der Waals surface area contributed by atoms with Gasteiger partial charge in [-0.3, -0.25) is 0 Å². The topological polar surface area (TPSA) is 67.9 Å². The van der Waals surface area contributed by atoms with Crippen LogP contribution in [-0.2, 0) is 10.9 Å². The van der Waals surface area contributed by atoms with Crippen molar-refractivity contribution in [3.8, 4) is 11.1 Å². The van der Waals surface area contributed by atoms with E-state index in [1.54, 1.807) is 24.3 Å². The average Bonchev–Trinajstić information content (AvgIpc) is 2.55. The molecular weight excluding hydrogens is 335 g/mol. The number of nitrogen functional groups attached to an aromatic ring is 1. The van der Waals surface area contributed by atoms with Gasteiger partial charge in [-0.1, -0.05) is 35.9 Å². The monoisotopic (exact) mass is 349 g/mol. The van der Waals surface area contributed by atoms with E-state index in [9.17, 15) is 18.0 Å². The number of carbonyl (C=O) groups is 1. The first-order chi connectivity index (χ1) is 11.8. The van der Waals surface area contributed by atoms with Crippen molar-refractivity contribution in [1.82, 2.24) is 0 Å². The zero-order valence-corrected chi connectivity index (χ0v) is 13.2. The number of amides is 1. The molecule has 0 spiro atoms. The number of cyclic esters (lactones) is 1. The van der Waals surface area contributed by atoms with Crippen molar-refractivity contribution in [3.05, 3.63) is 47.5 Å². The molecular formula is C17H14F3N3O2. The molecule has 8 heteroatoms. The lowest BCUT2D eigenvalue weighted by Gasteiger charge is -2.24. The third-order valence-corrected chi connectivity index (χ3v) is 3.75. The molecule has 0 saturated carbocycles. The molecule has 2 aromatic carbocycles. The quantitative estimate of drug-likeness (QED) is 0.826. The van der Waals surface area contributed by atoms with Crippen molar-refractivity contribution in [1.29, 1.82) is 0 Å². The van der Waals surface area contributed by atoms with Crippen LogP contribution in [0.1, 0.15) is 11.1 Å². The molecule has 3 rings (SSSR count). The Hall–Kier alpha value is -3.03. The Kier molecular flexibility index (Phi) is 4.12. The van der Waals surface area contributed by atoms with Gasteiger partial charge in [-0.25, -0.2) is 4.79 Å². The lowest BCUT2D eigenvalue weighted by atomic mass is 9.96. The number of nitrogens with zero attached hydrogens (tertiary/aromatic N) is 2. The van der Waals surface area contributed by atoms with Crippen LogP contribution in [0.15, 0.2) is 41.5 Å². The summed E-state index contributed by atoms with van der Waals surface area (Å²) in [5, 5.41) is 4.48. The minimum Gasteiger partial charge on any atom is -0.442 e. The fourth-order valence-corrected chi connectivity index (χ4v) is 2.56. The van der Waals surface area contributed by atoms with Crippen LogP contribution in [0.2, 0.25) is 0 Å². The summed E-state index contributed by atoms with van der Waals surface area (Å²) in [7, 11) is 0. The van der Waals surface area contributed by atoms with E-state index in [1.165, 1.54) is 18.3 Å². The van der Waals surface area contributed by atoms with Crippen molar-refractivity contribution in [2.24, 2.45) is 5.10 Å². The van der Waals surface area contributed by atoms with E-state index in [1.807, 2.05) is 6.92 Å². The molecule has 2 N–H and O–H groups in total. The van der Waals surface area contributed by atoms with Crippen molar-refractivity contribution >= 4 is 23.7 Å². The maximum Gasteiger partial charge on any atom is 0.435 e. The van der Waals surface area contributed by atoms with Gasteiger partial charge in [0.15, 0.2) is 0 Å². The van der Waals surface area contributed by atoms with E-state index < -0.39 is 23.5 Å².